The number of hydrogen-bond donors (Lipinski definition) is 1. The zero-order valence-corrected chi connectivity index (χ0v) is 12.6. The van der Waals surface area contributed by atoms with Gasteiger partial charge < -0.3 is 5.32 Å². The van der Waals surface area contributed by atoms with Gasteiger partial charge in [-0.1, -0.05) is 26.8 Å². The van der Waals surface area contributed by atoms with Gasteiger partial charge in [0.05, 0.1) is 0 Å². The van der Waals surface area contributed by atoms with E-state index in [2.05, 4.69) is 63.3 Å². The maximum absolute atomic E-state index is 4.46. The van der Waals surface area contributed by atoms with Gasteiger partial charge in [-0.05, 0) is 37.1 Å². The molecule has 17 heavy (non-hydrogen) atoms. The van der Waals surface area contributed by atoms with Crippen LogP contribution in [-0.2, 0) is 5.41 Å². The third-order valence-electron chi connectivity index (χ3n) is 2.88. The molecule has 1 rings (SSSR count). The zero-order chi connectivity index (χ0) is 13.1. The fraction of sp³-hybridized carbons (Fsp3) is 0.643. The minimum absolute atomic E-state index is 0.171. The number of pyridine rings is 1. The van der Waals surface area contributed by atoms with Crippen molar-refractivity contribution in [2.75, 3.05) is 18.1 Å². The highest BCUT2D eigenvalue weighted by Crippen LogP contribution is 2.23. The van der Waals surface area contributed by atoms with Crippen LogP contribution < -0.4 is 5.32 Å². The largest absolute Gasteiger partial charge is 0.369 e. The predicted octanol–water partition coefficient (Wildman–Crippen LogP) is 3.93. The molecule has 0 aliphatic carbocycles. The molecule has 0 saturated heterocycles. The van der Waals surface area contributed by atoms with Crippen LogP contribution in [0.5, 0.6) is 0 Å². The average Bonchev–Trinajstić information content (AvgIpc) is 2.26. The SMILES string of the molecule is CSC(C)(C)CNc1ccc(C(C)(C)C)cn1. The summed E-state index contributed by atoms with van der Waals surface area (Å²) in [5, 5.41) is 3.38. The van der Waals surface area contributed by atoms with Gasteiger partial charge in [0.25, 0.3) is 0 Å². The predicted molar refractivity (Wildman–Crippen MR) is 79.0 cm³/mol. The Kier molecular flexibility index (Phi) is 4.48. The van der Waals surface area contributed by atoms with E-state index in [1.165, 1.54) is 5.56 Å². The smallest absolute Gasteiger partial charge is 0.125 e. The van der Waals surface area contributed by atoms with Gasteiger partial charge in [-0.15, -0.1) is 0 Å². The Morgan fingerprint density at radius 3 is 2.24 bits per heavy atom. The van der Waals surface area contributed by atoms with Crippen LogP contribution in [0.15, 0.2) is 18.3 Å². The van der Waals surface area contributed by atoms with Crippen LogP contribution in [-0.4, -0.2) is 22.5 Å². The third kappa shape index (κ3) is 4.58. The highest BCUT2D eigenvalue weighted by atomic mass is 32.2. The van der Waals surface area contributed by atoms with E-state index >= 15 is 0 Å². The number of rotatable bonds is 4. The van der Waals surface area contributed by atoms with Crippen molar-refractivity contribution in [3.05, 3.63) is 23.9 Å². The normalized spacial score (nSPS) is 12.6. The monoisotopic (exact) mass is 252 g/mol. The molecular formula is C14H24N2S. The van der Waals surface area contributed by atoms with E-state index in [0.29, 0.717) is 0 Å². The second kappa shape index (κ2) is 5.30. The van der Waals surface area contributed by atoms with Gasteiger partial charge in [0, 0.05) is 17.5 Å². The van der Waals surface area contributed by atoms with E-state index in [1.807, 2.05) is 18.0 Å². The summed E-state index contributed by atoms with van der Waals surface area (Å²) in [5.41, 5.74) is 1.44. The lowest BCUT2D eigenvalue weighted by molar-refractivity contribution is 0.587. The number of hydrogen-bond acceptors (Lipinski definition) is 3. The van der Waals surface area contributed by atoms with Gasteiger partial charge in [0.2, 0.25) is 0 Å². The first-order valence-electron chi connectivity index (χ1n) is 6.00. The number of thioether (sulfide) groups is 1. The average molecular weight is 252 g/mol. The van der Waals surface area contributed by atoms with Crippen molar-refractivity contribution in [1.29, 1.82) is 0 Å². The van der Waals surface area contributed by atoms with E-state index < -0.39 is 0 Å². The Hall–Kier alpha value is -0.700. The molecule has 0 amide bonds. The molecule has 2 nitrogen and oxygen atoms in total. The van der Waals surface area contributed by atoms with Crippen molar-refractivity contribution < 1.29 is 0 Å². The van der Waals surface area contributed by atoms with E-state index in [4.69, 9.17) is 0 Å². The summed E-state index contributed by atoms with van der Waals surface area (Å²) >= 11 is 1.86. The van der Waals surface area contributed by atoms with Crippen molar-refractivity contribution in [2.45, 2.75) is 44.8 Å². The molecule has 0 atom stereocenters. The second-order valence-electron chi connectivity index (χ2n) is 6.00. The van der Waals surface area contributed by atoms with Crippen LogP contribution >= 0.6 is 11.8 Å². The van der Waals surface area contributed by atoms with E-state index in [-0.39, 0.29) is 10.2 Å². The fourth-order valence-electron chi connectivity index (χ4n) is 1.32. The summed E-state index contributed by atoms with van der Waals surface area (Å²) in [6.07, 6.45) is 4.10. The first-order chi connectivity index (χ1) is 7.74. The lowest BCUT2D eigenvalue weighted by Crippen LogP contribution is -2.26. The van der Waals surface area contributed by atoms with Crippen LogP contribution in [0.2, 0.25) is 0 Å². The Labute approximate surface area is 110 Å². The van der Waals surface area contributed by atoms with Gasteiger partial charge in [0.15, 0.2) is 0 Å². The molecule has 1 aromatic heterocycles. The number of nitrogens with one attached hydrogen (secondary N) is 1. The Bertz CT molecular complexity index is 349. The molecule has 0 aliphatic rings. The third-order valence-corrected chi connectivity index (χ3v) is 4.13. The Morgan fingerprint density at radius 2 is 1.82 bits per heavy atom. The topological polar surface area (TPSA) is 24.9 Å². The summed E-state index contributed by atoms with van der Waals surface area (Å²) in [5.74, 6) is 0.958. The van der Waals surface area contributed by atoms with E-state index in [0.717, 1.165) is 12.4 Å². The molecule has 0 aliphatic heterocycles. The quantitative estimate of drug-likeness (QED) is 0.879. The van der Waals surface area contributed by atoms with Gasteiger partial charge in [-0.25, -0.2) is 4.98 Å². The van der Waals surface area contributed by atoms with Crippen LogP contribution in [0, 0.1) is 0 Å². The number of anilines is 1. The van der Waals surface area contributed by atoms with Gasteiger partial charge >= 0.3 is 0 Å². The molecule has 1 N–H and O–H groups in total. The molecule has 0 spiro atoms. The molecule has 0 fully saturated rings. The Balaban J connectivity index is 2.64. The highest BCUT2D eigenvalue weighted by molar-refractivity contribution is 7.99. The van der Waals surface area contributed by atoms with Crippen molar-refractivity contribution in [3.8, 4) is 0 Å². The van der Waals surface area contributed by atoms with Gasteiger partial charge in [0.1, 0.15) is 5.82 Å². The van der Waals surface area contributed by atoms with Crippen molar-refractivity contribution >= 4 is 17.6 Å². The van der Waals surface area contributed by atoms with E-state index in [1.54, 1.807) is 0 Å². The molecule has 0 bridgehead atoms. The Morgan fingerprint density at radius 1 is 1.18 bits per heavy atom. The van der Waals surface area contributed by atoms with Gasteiger partial charge in [-0.3, -0.25) is 0 Å². The molecule has 0 saturated carbocycles. The van der Waals surface area contributed by atoms with Crippen LogP contribution in [0.25, 0.3) is 0 Å². The van der Waals surface area contributed by atoms with Crippen LogP contribution in [0.4, 0.5) is 5.82 Å². The van der Waals surface area contributed by atoms with Crippen LogP contribution in [0.3, 0.4) is 0 Å². The molecule has 1 aromatic rings. The minimum atomic E-state index is 0.171. The lowest BCUT2D eigenvalue weighted by atomic mass is 9.88. The number of aromatic nitrogens is 1. The highest BCUT2D eigenvalue weighted by Gasteiger charge is 2.16. The molecule has 1 heterocycles. The maximum atomic E-state index is 4.46. The maximum Gasteiger partial charge on any atom is 0.125 e. The second-order valence-corrected chi connectivity index (χ2v) is 7.51. The van der Waals surface area contributed by atoms with E-state index in [9.17, 15) is 0 Å². The molecule has 3 heteroatoms. The summed E-state index contributed by atoms with van der Waals surface area (Å²) in [6.45, 7) is 12.0. The van der Waals surface area contributed by atoms with Crippen molar-refractivity contribution in [2.24, 2.45) is 0 Å². The van der Waals surface area contributed by atoms with Crippen molar-refractivity contribution in [3.63, 3.8) is 0 Å². The summed E-state index contributed by atoms with van der Waals surface area (Å²) < 4.78 is 0.240. The standard InChI is InChI=1S/C14H24N2S/c1-13(2,3)11-7-8-12(15-9-11)16-10-14(4,5)17-6/h7-9H,10H2,1-6H3,(H,15,16). The summed E-state index contributed by atoms with van der Waals surface area (Å²) in [6, 6.07) is 4.22. The molecule has 0 radical (unpaired) electrons. The zero-order valence-electron chi connectivity index (χ0n) is 11.8. The first-order valence-corrected chi connectivity index (χ1v) is 7.23. The molecule has 0 unspecified atom stereocenters. The number of nitrogens with zero attached hydrogens (tertiary/aromatic N) is 1. The summed E-state index contributed by atoms with van der Waals surface area (Å²) in [4.78, 5) is 4.46. The summed E-state index contributed by atoms with van der Waals surface area (Å²) in [7, 11) is 0. The minimum Gasteiger partial charge on any atom is -0.369 e. The molecule has 96 valence electrons. The molecular weight excluding hydrogens is 228 g/mol. The van der Waals surface area contributed by atoms with Gasteiger partial charge in [-0.2, -0.15) is 11.8 Å². The lowest BCUT2D eigenvalue weighted by Gasteiger charge is -2.23. The first kappa shape index (κ1) is 14.4. The van der Waals surface area contributed by atoms with Crippen LogP contribution in [0.1, 0.15) is 40.2 Å². The van der Waals surface area contributed by atoms with Crippen molar-refractivity contribution in [1.82, 2.24) is 4.98 Å². The molecule has 0 aromatic carbocycles. The fourth-order valence-corrected chi connectivity index (χ4v) is 1.53.